The SMILES string of the molecule is CC(=O)c1cccc(NC(=O)C(c2ccccc2)N2CCN(c3ccccc3[N+](=O)[O-])CC2)c1. The van der Waals surface area contributed by atoms with Crippen molar-refractivity contribution < 1.29 is 14.5 Å². The molecule has 1 aliphatic heterocycles. The summed E-state index contributed by atoms with van der Waals surface area (Å²) in [6.45, 7) is 3.73. The van der Waals surface area contributed by atoms with Crippen LogP contribution in [0.3, 0.4) is 0 Å². The van der Waals surface area contributed by atoms with Gasteiger partial charge in [-0.25, -0.2) is 0 Å². The van der Waals surface area contributed by atoms with Crippen LogP contribution >= 0.6 is 0 Å². The molecule has 1 saturated heterocycles. The number of para-hydroxylation sites is 2. The van der Waals surface area contributed by atoms with Crippen LogP contribution in [0.2, 0.25) is 0 Å². The Hall–Kier alpha value is -4.04. The van der Waals surface area contributed by atoms with E-state index in [-0.39, 0.29) is 22.3 Å². The van der Waals surface area contributed by atoms with Gasteiger partial charge in [0.1, 0.15) is 11.7 Å². The molecule has 0 bridgehead atoms. The number of nitro groups is 1. The number of piperazine rings is 1. The number of ketones is 1. The molecule has 1 unspecified atom stereocenters. The van der Waals surface area contributed by atoms with Gasteiger partial charge in [-0.05, 0) is 30.7 Å². The van der Waals surface area contributed by atoms with Gasteiger partial charge in [0.05, 0.1) is 4.92 Å². The summed E-state index contributed by atoms with van der Waals surface area (Å²) in [6.07, 6.45) is 0. The van der Waals surface area contributed by atoms with E-state index in [0.29, 0.717) is 43.1 Å². The van der Waals surface area contributed by atoms with Gasteiger partial charge in [0.25, 0.3) is 5.69 Å². The molecule has 8 heteroatoms. The van der Waals surface area contributed by atoms with Gasteiger partial charge in [-0.1, -0.05) is 54.6 Å². The number of nitrogens with one attached hydrogen (secondary N) is 1. The Morgan fingerprint density at radius 2 is 1.59 bits per heavy atom. The third-order valence-electron chi connectivity index (χ3n) is 6.00. The normalized spacial score (nSPS) is 14.9. The molecule has 8 nitrogen and oxygen atoms in total. The van der Waals surface area contributed by atoms with Crippen molar-refractivity contribution in [2.45, 2.75) is 13.0 Å². The van der Waals surface area contributed by atoms with Crippen LogP contribution in [0.4, 0.5) is 17.1 Å². The van der Waals surface area contributed by atoms with Crippen LogP contribution in [0.5, 0.6) is 0 Å². The molecule has 1 heterocycles. The summed E-state index contributed by atoms with van der Waals surface area (Å²) in [7, 11) is 0. The van der Waals surface area contributed by atoms with E-state index in [1.807, 2.05) is 35.2 Å². The van der Waals surface area contributed by atoms with E-state index < -0.39 is 6.04 Å². The van der Waals surface area contributed by atoms with Crippen LogP contribution in [0.25, 0.3) is 0 Å². The van der Waals surface area contributed by atoms with Crippen LogP contribution in [0.1, 0.15) is 28.9 Å². The molecule has 0 spiro atoms. The first-order chi connectivity index (χ1) is 16.4. The lowest BCUT2D eigenvalue weighted by Gasteiger charge is -2.39. The molecule has 1 atom stereocenters. The van der Waals surface area contributed by atoms with Crippen molar-refractivity contribution in [3.63, 3.8) is 0 Å². The summed E-state index contributed by atoms with van der Waals surface area (Å²) in [5.41, 5.74) is 2.64. The number of hydrogen-bond donors (Lipinski definition) is 1. The molecule has 34 heavy (non-hydrogen) atoms. The molecule has 3 aromatic carbocycles. The number of carbonyl (C=O) groups is 2. The maximum Gasteiger partial charge on any atom is 0.292 e. The van der Waals surface area contributed by atoms with Crippen molar-refractivity contribution >= 4 is 28.8 Å². The minimum atomic E-state index is -0.532. The van der Waals surface area contributed by atoms with E-state index in [4.69, 9.17) is 0 Å². The zero-order chi connectivity index (χ0) is 24.1. The lowest BCUT2D eigenvalue weighted by molar-refractivity contribution is -0.384. The summed E-state index contributed by atoms with van der Waals surface area (Å²) < 4.78 is 0. The molecule has 0 saturated carbocycles. The lowest BCUT2D eigenvalue weighted by Crippen LogP contribution is -2.50. The predicted octanol–water partition coefficient (Wildman–Crippen LogP) is 4.30. The van der Waals surface area contributed by atoms with Gasteiger partial charge in [0.15, 0.2) is 5.78 Å². The molecule has 0 aliphatic carbocycles. The highest BCUT2D eigenvalue weighted by atomic mass is 16.6. The van der Waals surface area contributed by atoms with E-state index in [1.165, 1.54) is 13.0 Å². The molecule has 1 aliphatic rings. The fourth-order valence-corrected chi connectivity index (χ4v) is 4.30. The maximum atomic E-state index is 13.4. The number of Topliss-reactive ketones (excluding diaryl/α,β-unsaturated/α-hetero) is 1. The first kappa shape index (κ1) is 23.1. The summed E-state index contributed by atoms with van der Waals surface area (Å²) in [5.74, 6) is -0.257. The number of nitro benzene ring substituents is 1. The molecule has 1 fully saturated rings. The minimum absolute atomic E-state index is 0.0677. The third kappa shape index (κ3) is 5.13. The number of carbonyl (C=O) groups excluding carboxylic acids is 2. The Morgan fingerprint density at radius 3 is 2.26 bits per heavy atom. The number of benzene rings is 3. The summed E-state index contributed by atoms with van der Waals surface area (Å²) in [5, 5.41) is 14.4. The summed E-state index contributed by atoms with van der Waals surface area (Å²) in [6, 6.07) is 22.6. The Bertz CT molecular complexity index is 1190. The third-order valence-corrected chi connectivity index (χ3v) is 6.00. The Morgan fingerprint density at radius 1 is 0.912 bits per heavy atom. The van der Waals surface area contributed by atoms with Crippen molar-refractivity contribution in [3.05, 3.63) is 100 Å². The predicted molar refractivity (Wildman–Crippen MR) is 131 cm³/mol. The fraction of sp³-hybridized carbons (Fsp3) is 0.231. The highest BCUT2D eigenvalue weighted by Gasteiger charge is 2.32. The number of nitrogens with zero attached hydrogens (tertiary/aromatic N) is 3. The maximum absolute atomic E-state index is 13.4. The second-order valence-electron chi connectivity index (χ2n) is 8.21. The topological polar surface area (TPSA) is 95.8 Å². The quantitative estimate of drug-likeness (QED) is 0.322. The molecule has 4 rings (SSSR count). The molecule has 174 valence electrons. The second-order valence-corrected chi connectivity index (χ2v) is 8.21. The van der Waals surface area contributed by atoms with Gasteiger partial charge < -0.3 is 10.2 Å². The van der Waals surface area contributed by atoms with Gasteiger partial charge in [0.2, 0.25) is 5.91 Å². The molecular weight excluding hydrogens is 432 g/mol. The van der Waals surface area contributed by atoms with E-state index in [0.717, 1.165) is 5.56 Å². The van der Waals surface area contributed by atoms with Crippen molar-refractivity contribution in [2.24, 2.45) is 0 Å². The largest absolute Gasteiger partial charge is 0.363 e. The first-order valence-corrected chi connectivity index (χ1v) is 11.1. The number of amides is 1. The molecular formula is C26H26N4O4. The van der Waals surface area contributed by atoms with Crippen LogP contribution in [0.15, 0.2) is 78.9 Å². The van der Waals surface area contributed by atoms with Crippen LogP contribution in [0, 0.1) is 10.1 Å². The number of anilines is 2. The van der Waals surface area contributed by atoms with E-state index in [9.17, 15) is 19.7 Å². The van der Waals surface area contributed by atoms with Crippen LogP contribution in [-0.4, -0.2) is 47.7 Å². The number of rotatable bonds is 7. The molecule has 1 N–H and O–H groups in total. The summed E-state index contributed by atoms with van der Waals surface area (Å²) in [4.78, 5) is 40.3. The molecule has 0 aromatic heterocycles. The highest BCUT2D eigenvalue weighted by molar-refractivity contribution is 5.98. The standard InChI is InChI=1S/C26H26N4O4/c1-19(31)21-10-7-11-22(18-21)27-26(32)25(20-8-3-2-4-9-20)29-16-14-28(15-17-29)23-12-5-6-13-24(23)30(33)34/h2-13,18,25H,14-17H2,1H3,(H,27,32). The smallest absolute Gasteiger partial charge is 0.292 e. The first-order valence-electron chi connectivity index (χ1n) is 11.1. The van der Waals surface area contributed by atoms with E-state index in [2.05, 4.69) is 10.2 Å². The monoisotopic (exact) mass is 458 g/mol. The molecule has 1 amide bonds. The highest BCUT2D eigenvalue weighted by Crippen LogP contribution is 2.30. The van der Waals surface area contributed by atoms with Crippen LogP contribution in [-0.2, 0) is 4.79 Å². The second kappa shape index (κ2) is 10.3. The van der Waals surface area contributed by atoms with Crippen molar-refractivity contribution in [1.29, 1.82) is 0 Å². The van der Waals surface area contributed by atoms with Gasteiger partial charge in [0, 0.05) is 43.5 Å². The van der Waals surface area contributed by atoms with Crippen molar-refractivity contribution in [2.75, 3.05) is 36.4 Å². The van der Waals surface area contributed by atoms with E-state index >= 15 is 0 Å². The zero-order valence-electron chi connectivity index (χ0n) is 18.9. The minimum Gasteiger partial charge on any atom is -0.363 e. The molecule has 3 aromatic rings. The van der Waals surface area contributed by atoms with Gasteiger partial charge in [-0.15, -0.1) is 0 Å². The Labute approximate surface area is 198 Å². The fourth-order valence-electron chi connectivity index (χ4n) is 4.30. The van der Waals surface area contributed by atoms with Crippen molar-refractivity contribution in [1.82, 2.24) is 4.90 Å². The zero-order valence-corrected chi connectivity index (χ0v) is 18.9. The van der Waals surface area contributed by atoms with Gasteiger partial charge >= 0.3 is 0 Å². The van der Waals surface area contributed by atoms with E-state index in [1.54, 1.807) is 42.5 Å². The average Bonchev–Trinajstić information content (AvgIpc) is 2.85. The Balaban J connectivity index is 1.54. The Kier molecular flexibility index (Phi) is 6.98. The average molecular weight is 459 g/mol. The lowest BCUT2D eigenvalue weighted by atomic mass is 10.0. The van der Waals surface area contributed by atoms with Gasteiger partial charge in [-0.2, -0.15) is 0 Å². The summed E-state index contributed by atoms with van der Waals surface area (Å²) >= 11 is 0. The number of hydrogen-bond acceptors (Lipinski definition) is 6. The van der Waals surface area contributed by atoms with Crippen molar-refractivity contribution in [3.8, 4) is 0 Å². The van der Waals surface area contributed by atoms with Gasteiger partial charge in [-0.3, -0.25) is 24.6 Å². The van der Waals surface area contributed by atoms with Crippen LogP contribution < -0.4 is 10.2 Å². The molecule has 0 radical (unpaired) electrons.